The summed E-state index contributed by atoms with van der Waals surface area (Å²) in [5.74, 6) is -1.63. The molecule has 4 bridgehead atoms. The molecule has 0 spiro atoms. The van der Waals surface area contributed by atoms with Crippen molar-refractivity contribution >= 4 is 41.2 Å². The molecule has 2 saturated heterocycles. The number of halogens is 1. The van der Waals surface area contributed by atoms with Gasteiger partial charge < -0.3 is 38.6 Å². The Labute approximate surface area is 286 Å². The van der Waals surface area contributed by atoms with Crippen molar-refractivity contribution < 1.29 is 48.0 Å². The lowest BCUT2D eigenvalue weighted by Gasteiger charge is -2.43. The molecule has 3 aliphatic heterocycles. The van der Waals surface area contributed by atoms with Crippen LogP contribution in [0.3, 0.4) is 0 Å². The summed E-state index contributed by atoms with van der Waals surface area (Å²) in [7, 11) is 5.97. The van der Waals surface area contributed by atoms with Gasteiger partial charge in [-0.1, -0.05) is 36.2 Å². The number of likely N-dealkylation sites (N-methyl/N-ethyl adjacent to an activating group) is 1. The van der Waals surface area contributed by atoms with E-state index in [1.54, 1.807) is 40.0 Å². The second-order valence-corrected chi connectivity index (χ2v) is 13.5. The number of hydrogen-bond acceptors (Lipinski definition) is 10. The maximum atomic E-state index is 13.9. The highest BCUT2D eigenvalue weighted by Crippen LogP contribution is 2.49. The Morgan fingerprint density at radius 2 is 1.90 bits per heavy atom. The summed E-state index contributed by atoms with van der Waals surface area (Å²) >= 11 is 6.71. The SMILES string of the molecule is COc1cc2cc(c1Cl)N(C)C(=O)CC(OC(=O)CN(C)C(C)=O)C1(C)OC1C(C)C1CC(O)(NC(=O)O1)C(OC)C(C)=CC=C(C)C2. The van der Waals surface area contributed by atoms with Gasteiger partial charge in [-0.25, -0.2) is 4.79 Å². The van der Waals surface area contributed by atoms with E-state index in [1.807, 2.05) is 19.1 Å². The topological polar surface area (TPSA) is 156 Å². The second-order valence-electron chi connectivity index (χ2n) is 13.1. The molecule has 1 aromatic rings. The summed E-state index contributed by atoms with van der Waals surface area (Å²) < 4.78 is 29.0. The van der Waals surface area contributed by atoms with Crippen molar-refractivity contribution in [1.82, 2.24) is 10.2 Å². The molecular formula is C34H46ClN3O10. The van der Waals surface area contributed by atoms with Gasteiger partial charge in [-0.2, -0.15) is 0 Å². The smallest absolute Gasteiger partial charge is 0.409 e. The minimum atomic E-state index is -1.82. The van der Waals surface area contributed by atoms with Gasteiger partial charge in [0.05, 0.1) is 25.3 Å². The molecule has 2 fully saturated rings. The average Bonchev–Trinajstić information content (AvgIpc) is 3.71. The third-order valence-electron chi connectivity index (χ3n) is 9.45. The molecule has 13 nitrogen and oxygen atoms in total. The van der Waals surface area contributed by atoms with Crippen LogP contribution < -0.4 is 15.0 Å². The number of rotatable bonds is 5. The Morgan fingerprint density at radius 3 is 2.52 bits per heavy atom. The molecule has 0 radical (unpaired) electrons. The fourth-order valence-corrected chi connectivity index (χ4v) is 6.77. The van der Waals surface area contributed by atoms with Crippen LogP contribution in [0.5, 0.6) is 5.75 Å². The third-order valence-corrected chi connectivity index (χ3v) is 9.83. The Balaban J connectivity index is 1.81. The molecule has 1 aromatic carbocycles. The van der Waals surface area contributed by atoms with Crippen LogP contribution in [0.25, 0.3) is 0 Å². The van der Waals surface area contributed by atoms with Gasteiger partial charge in [0.2, 0.25) is 11.8 Å². The Kier molecular flexibility index (Phi) is 11.2. The lowest BCUT2D eigenvalue weighted by molar-refractivity contribution is -0.157. The number of allylic oxidation sites excluding steroid dienone is 3. The number of alkyl carbamates (subject to hydrolysis) is 1. The largest absolute Gasteiger partial charge is 0.495 e. The fraction of sp³-hybridized carbons (Fsp3) is 0.588. The van der Waals surface area contributed by atoms with E-state index in [1.165, 1.54) is 38.0 Å². The number of epoxide rings is 1. The van der Waals surface area contributed by atoms with Crippen molar-refractivity contribution in [1.29, 1.82) is 0 Å². The third kappa shape index (κ3) is 7.80. The van der Waals surface area contributed by atoms with Crippen molar-refractivity contribution in [3.63, 3.8) is 0 Å². The minimum Gasteiger partial charge on any atom is -0.495 e. The summed E-state index contributed by atoms with van der Waals surface area (Å²) in [5, 5.41) is 14.6. The maximum Gasteiger partial charge on any atom is 0.409 e. The van der Waals surface area contributed by atoms with Gasteiger partial charge in [-0.15, -0.1) is 0 Å². The molecule has 2 N–H and O–H groups in total. The molecule has 7 atom stereocenters. The van der Waals surface area contributed by atoms with Crippen LogP contribution in [0.15, 0.2) is 35.4 Å². The first kappa shape index (κ1) is 37.2. The van der Waals surface area contributed by atoms with Gasteiger partial charge >= 0.3 is 12.1 Å². The minimum absolute atomic E-state index is 0.0398. The standard InChI is InChI=1S/C34H46ClN3O10/c1-18-10-11-19(2)30(45-9)34(43)16-25(46-32(42)36-34)20(3)31-33(5,48-31)26(47-28(41)17-37(6)21(4)39)15-27(40)38(7)23-13-22(12-18)14-24(44-8)29(23)35/h10-11,13-14,20,25-26,30-31,43H,12,15-17H2,1-9H3,(H,36,42). The zero-order valence-electron chi connectivity index (χ0n) is 28.9. The quantitative estimate of drug-likeness (QED) is 0.346. The highest BCUT2D eigenvalue weighted by molar-refractivity contribution is 6.35. The van der Waals surface area contributed by atoms with Gasteiger partial charge in [0, 0.05) is 40.5 Å². The number of anilines is 1. The number of hydrogen-bond donors (Lipinski definition) is 2. The van der Waals surface area contributed by atoms with Crippen molar-refractivity contribution in [2.75, 3.05) is 39.8 Å². The number of carbonyl (C=O) groups excluding carboxylic acids is 4. The van der Waals surface area contributed by atoms with Crippen LogP contribution in [-0.4, -0.2) is 104 Å². The van der Waals surface area contributed by atoms with Crippen molar-refractivity contribution in [2.24, 2.45) is 5.92 Å². The van der Waals surface area contributed by atoms with Crippen LogP contribution in [0.2, 0.25) is 5.02 Å². The zero-order chi connectivity index (χ0) is 35.7. The molecule has 0 aliphatic carbocycles. The van der Waals surface area contributed by atoms with Gasteiger partial charge in [-0.3, -0.25) is 19.7 Å². The molecule has 0 saturated carbocycles. The van der Waals surface area contributed by atoms with E-state index in [4.69, 9.17) is 35.3 Å². The van der Waals surface area contributed by atoms with Crippen LogP contribution in [0, 0.1) is 5.92 Å². The van der Waals surface area contributed by atoms with E-state index < -0.39 is 59.6 Å². The summed E-state index contributed by atoms with van der Waals surface area (Å²) in [5.41, 5.74) is -0.199. The number of methoxy groups -OCH3 is 2. The Hall–Kier alpha value is -3.65. The van der Waals surface area contributed by atoms with Gasteiger partial charge in [0.15, 0.2) is 5.72 Å². The van der Waals surface area contributed by atoms with Crippen LogP contribution in [0.1, 0.15) is 53.0 Å². The molecule has 3 amide bonds. The van der Waals surface area contributed by atoms with Crippen LogP contribution >= 0.6 is 11.6 Å². The summed E-state index contributed by atoms with van der Waals surface area (Å²) in [6.45, 7) is 8.22. The number of esters is 1. The van der Waals surface area contributed by atoms with E-state index in [2.05, 4.69) is 5.32 Å². The number of amides is 3. The number of aliphatic hydroxyl groups is 1. The molecule has 14 heteroatoms. The predicted octanol–water partition coefficient (Wildman–Crippen LogP) is 3.54. The molecule has 3 heterocycles. The first-order valence-electron chi connectivity index (χ1n) is 15.7. The van der Waals surface area contributed by atoms with Gasteiger partial charge in [-0.05, 0) is 50.5 Å². The molecule has 3 aliphatic rings. The second kappa shape index (κ2) is 14.5. The van der Waals surface area contributed by atoms with Gasteiger partial charge in [0.1, 0.15) is 41.2 Å². The van der Waals surface area contributed by atoms with E-state index in [0.717, 1.165) is 11.1 Å². The van der Waals surface area contributed by atoms with E-state index in [9.17, 15) is 24.3 Å². The number of carbonyl (C=O) groups is 4. The molecular weight excluding hydrogens is 646 g/mol. The monoisotopic (exact) mass is 691 g/mol. The Bertz CT molecular complexity index is 1510. The number of nitrogens with one attached hydrogen (secondary N) is 1. The summed E-state index contributed by atoms with van der Waals surface area (Å²) in [4.78, 5) is 54.2. The van der Waals surface area contributed by atoms with E-state index in [0.29, 0.717) is 23.4 Å². The van der Waals surface area contributed by atoms with Crippen LogP contribution in [0.4, 0.5) is 10.5 Å². The molecule has 48 heavy (non-hydrogen) atoms. The molecule has 4 rings (SSSR count). The summed E-state index contributed by atoms with van der Waals surface area (Å²) in [6.07, 6.45) is -0.466. The number of nitrogens with zero attached hydrogens (tertiary/aromatic N) is 2. The summed E-state index contributed by atoms with van der Waals surface area (Å²) in [6, 6.07) is 3.59. The number of fused-ring (bicyclic) bond motifs is 5. The first-order valence-corrected chi connectivity index (χ1v) is 16.1. The van der Waals surface area contributed by atoms with Crippen molar-refractivity contribution in [3.05, 3.63) is 46.0 Å². The average molecular weight is 692 g/mol. The number of ether oxygens (including phenoxy) is 5. The van der Waals surface area contributed by atoms with Crippen LogP contribution in [-0.2, 0) is 39.8 Å². The normalized spacial score (nSPS) is 31.0. The predicted molar refractivity (Wildman–Crippen MR) is 177 cm³/mol. The van der Waals surface area contributed by atoms with E-state index >= 15 is 0 Å². The molecule has 264 valence electrons. The van der Waals surface area contributed by atoms with E-state index in [-0.39, 0.29) is 30.3 Å². The van der Waals surface area contributed by atoms with Crippen molar-refractivity contribution in [3.8, 4) is 5.75 Å². The van der Waals surface area contributed by atoms with Crippen molar-refractivity contribution in [2.45, 2.75) is 89.6 Å². The molecule has 0 aromatic heterocycles. The highest BCUT2D eigenvalue weighted by Gasteiger charge is 2.64. The fourth-order valence-electron chi connectivity index (χ4n) is 6.46. The first-order chi connectivity index (χ1) is 22.4. The number of benzene rings is 1. The Morgan fingerprint density at radius 1 is 1.21 bits per heavy atom. The molecule has 7 unspecified atom stereocenters. The lowest BCUT2D eigenvalue weighted by Crippen LogP contribution is -2.64. The highest BCUT2D eigenvalue weighted by atomic mass is 35.5. The maximum absolute atomic E-state index is 13.9. The zero-order valence-corrected chi connectivity index (χ0v) is 29.7. The lowest BCUT2D eigenvalue weighted by atomic mass is 9.83. The van der Waals surface area contributed by atoms with Gasteiger partial charge in [0.25, 0.3) is 0 Å².